The lowest BCUT2D eigenvalue weighted by atomic mass is 9.86. The molecule has 5 rings (SSSR count). The predicted octanol–water partition coefficient (Wildman–Crippen LogP) is 7.42. The highest BCUT2D eigenvalue weighted by atomic mass is 16.5. The molecule has 0 amide bonds. The van der Waals surface area contributed by atoms with Crippen molar-refractivity contribution in [3.05, 3.63) is 108 Å². The number of hydrogen-bond acceptors (Lipinski definition) is 5. The van der Waals surface area contributed by atoms with E-state index in [9.17, 15) is 0 Å². The maximum absolute atomic E-state index is 6.30. The largest absolute Gasteiger partial charge is 0.437 e. The molecule has 2 heterocycles. The number of imidazole rings is 1. The van der Waals surface area contributed by atoms with Crippen LogP contribution >= 0.6 is 0 Å². The van der Waals surface area contributed by atoms with E-state index in [0.29, 0.717) is 11.8 Å². The second-order valence-electron chi connectivity index (χ2n) is 10.4. The van der Waals surface area contributed by atoms with Gasteiger partial charge in [0.25, 0.3) is 0 Å². The molecule has 2 aromatic heterocycles. The second-order valence-corrected chi connectivity index (χ2v) is 10.4. The normalized spacial score (nSPS) is 11.7. The van der Waals surface area contributed by atoms with Crippen LogP contribution in [0.15, 0.2) is 91.1 Å². The van der Waals surface area contributed by atoms with E-state index < -0.39 is 0 Å². The Kier molecular flexibility index (Phi) is 6.93. The van der Waals surface area contributed by atoms with E-state index in [4.69, 9.17) is 9.72 Å². The fourth-order valence-corrected chi connectivity index (χ4v) is 4.45. The third-order valence-corrected chi connectivity index (χ3v) is 6.22. The Morgan fingerprint density at radius 2 is 1.62 bits per heavy atom. The number of para-hydroxylation sites is 1. The fraction of sp³-hybridized carbons (Fsp3) is 0.226. The molecule has 37 heavy (non-hydrogen) atoms. The van der Waals surface area contributed by atoms with Crippen LogP contribution in [0.1, 0.15) is 37.5 Å². The second kappa shape index (κ2) is 10.4. The SMILES string of the molecule is CN(Cc1ccccc1)Cc1ccc2nc(Nc3cccnc3Oc3ccccc3C(C)(C)C)[nH]c2c1. The Morgan fingerprint density at radius 1 is 0.865 bits per heavy atom. The van der Waals surface area contributed by atoms with E-state index in [-0.39, 0.29) is 5.41 Å². The zero-order valence-corrected chi connectivity index (χ0v) is 21.8. The van der Waals surface area contributed by atoms with Crippen LogP contribution in [0.3, 0.4) is 0 Å². The van der Waals surface area contributed by atoms with Gasteiger partial charge in [0.2, 0.25) is 11.8 Å². The number of nitrogens with one attached hydrogen (secondary N) is 2. The van der Waals surface area contributed by atoms with Gasteiger partial charge >= 0.3 is 0 Å². The van der Waals surface area contributed by atoms with E-state index in [0.717, 1.165) is 41.1 Å². The Balaban J connectivity index is 1.33. The molecule has 188 valence electrons. The first kappa shape index (κ1) is 24.5. The van der Waals surface area contributed by atoms with Crippen molar-refractivity contribution >= 4 is 22.7 Å². The number of nitrogens with zero attached hydrogens (tertiary/aromatic N) is 3. The minimum Gasteiger partial charge on any atom is -0.437 e. The summed E-state index contributed by atoms with van der Waals surface area (Å²) in [6.07, 6.45) is 1.73. The highest BCUT2D eigenvalue weighted by Crippen LogP contribution is 2.36. The zero-order valence-electron chi connectivity index (χ0n) is 21.8. The topological polar surface area (TPSA) is 66.1 Å². The fourth-order valence-electron chi connectivity index (χ4n) is 4.45. The summed E-state index contributed by atoms with van der Waals surface area (Å²) in [4.78, 5) is 15.0. The van der Waals surface area contributed by atoms with Crippen molar-refractivity contribution in [3.8, 4) is 11.6 Å². The van der Waals surface area contributed by atoms with E-state index in [2.05, 4.69) is 96.5 Å². The predicted molar refractivity (Wildman–Crippen MR) is 150 cm³/mol. The van der Waals surface area contributed by atoms with Crippen molar-refractivity contribution in [2.45, 2.75) is 39.3 Å². The number of benzene rings is 3. The number of aromatic amines is 1. The van der Waals surface area contributed by atoms with Crippen molar-refractivity contribution in [3.63, 3.8) is 0 Å². The molecule has 0 spiro atoms. The molecule has 3 aromatic carbocycles. The maximum Gasteiger partial charge on any atom is 0.243 e. The molecule has 6 heteroatoms. The van der Waals surface area contributed by atoms with Crippen LogP contribution in [0, 0.1) is 0 Å². The van der Waals surface area contributed by atoms with Crippen molar-refractivity contribution in [1.29, 1.82) is 0 Å². The lowest BCUT2D eigenvalue weighted by Crippen LogP contribution is -2.17. The van der Waals surface area contributed by atoms with E-state index in [1.807, 2.05) is 36.4 Å². The highest BCUT2D eigenvalue weighted by molar-refractivity contribution is 5.79. The van der Waals surface area contributed by atoms with Gasteiger partial charge in [-0.15, -0.1) is 0 Å². The third-order valence-electron chi connectivity index (χ3n) is 6.22. The standard InChI is InChI=1S/C31H33N5O/c1-31(2,3)24-13-8-9-15-28(24)37-29-26(14-10-18-32-29)34-30-33-25-17-16-23(19-27(25)35-30)21-36(4)20-22-11-6-5-7-12-22/h5-19H,20-21H2,1-4H3,(H2,33,34,35). The number of hydrogen-bond donors (Lipinski definition) is 2. The van der Waals surface area contributed by atoms with Gasteiger partial charge in [0.15, 0.2) is 0 Å². The first-order valence-corrected chi connectivity index (χ1v) is 12.6. The van der Waals surface area contributed by atoms with Gasteiger partial charge in [0.1, 0.15) is 11.4 Å². The molecule has 0 bridgehead atoms. The van der Waals surface area contributed by atoms with Crippen molar-refractivity contribution in [2.24, 2.45) is 0 Å². The monoisotopic (exact) mass is 491 g/mol. The quantitative estimate of drug-likeness (QED) is 0.236. The van der Waals surface area contributed by atoms with Crippen molar-refractivity contribution in [1.82, 2.24) is 19.9 Å². The van der Waals surface area contributed by atoms with Gasteiger partial charge in [0, 0.05) is 24.8 Å². The van der Waals surface area contributed by atoms with Crippen LogP contribution in [0.4, 0.5) is 11.6 Å². The molecule has 0 radical (unpaired) electrons. The third kappa shape index (κ3) is 5.98. The van der Waals surface area contributed by atoms with Crippen LogP contribution in [0.2, 0.25) is 0 Å². The van der Waals surface area contributed by atoms with Crippen LogP contribution < -0.4 is 10.1 Å². The number of anilines is 2. The Morgan fingerprint density at radius 3 is 2.43 bits per heavy atom. The molecule has 0 aliphatic carbocycles. The van der Waals surface area contributed by atoms with Gasteiger partial charge in [-0.05, 0) is 53.9 Å². The zero-order chi connectivity index (χ0) is 25.8. The Labute approximate surface area is 218 Å². The molecule has 6 nitrogen and oxygen atoms in total. The summed E-state index contributed by atoms with van der Waals surface area (Å²) in [5, 5.41) is 3.37. The van der Waals surface area contributed by atoms with Crippen LogP contribution in [0.25, 0.3) is 11.0 Å². The number of rotatable bonds is 8. The number of fused-ring (bicyclic) bond motifs is 1. The summed E-state index contributed by atoms with van der Waals surface area (Å²) in [7, 11) is 2.14. The summed E-state index contributed by atoms with van der Waals surface area (Å²) >= 11 is 0. The van der Waals surface area contributed by atoms with Crippen LogP contribution in [0.5, 0.6) is 11.6 Å². The first-order chi connectivity index (χ1) is 17.8. The molecular formula is C31H33N5O. The Bertz CT molecular complexity index is 1490. The van der Waals surface area contributed by atoms with Gasteiger partial charge < -0.3 is 15.0 Å². The Hall–Kier alpha value is -4.16. The van der Waals surface area contributed by atoms with Crippen LogP contribution in [-0.4, -0.2) is 26.9 Å². The highest BCUT2D eigenvalue weighted by Gasteiger charge is 2.20. The summed E-state index contributed by atoms with van der Waals surface area (Å²) in [5.41, 5.74) is 6.24. The van der Waals surface area contributed by atoms with Gasteiger partial charge in [-0.25, -0.2) is 9.97 Å². The average Bonchev–Trinajstić information content (AvgIpc) is 3.27. The van der Waals surface area contributed by atoms with Crippen molar-refractivity contribution < 1.29 is 4.74 Å². The minimum absolute atomic E-state index is 0.0510. The lowest BCUT2D eigenvalue weighted by Gasteiger charge is -2.22. The molecule has 0 aliphatic heterocycles. The summed E-state index contributed by atoms with van der Waals surface area (Å²) in [5.74, 6) is 1.94. The molecule has 0 unspecified atom stereocenters. The van der Waals surface area contributed by atoms with E-state index in [1.54, 1.807) is 6.20 Å². The molecule has 2 N–H and O–H groups in total. The summed E-state index contributed by atoms with van der Waals surface area (Å²) in [6.45, 7) is 8.27. The van der Waals surface area contributed by atoms with Gasteiger partial charge in [-0.2, -0.15) is 0 Å². The molecule has 0 aliphatic rings. The summed E-state index contributed by atoms with van der Waals surface area (Å²) in [6, 6.07) is 28.8. The van der Waals surface area contributed by atoms with Crippen LogP contribution in [-0.2, 0) is 18.5 Å². The summed E-state index contributed by atoms with van der Waals surface area (Å²) < 4.78 is 6.30. The average molecular weight is 492 g/mol. The maximum atomic E-state index is 6.30. The van der Waals surface area contributed by atoms with Crippen molar-refractivity contribution in [2.75, 3.05) is 12.4 Å². The first-order valence-electron chi connectivity index (χ1n) is 12.6. The molecule has 5 aromatic rings. The van der Waals surface area contributed by atoms with Gasteiger partial charge in [-0.3, -0.25) is 4.90 Å². The lowest BCUT2D eigenvalue weighted by molar-refractivity contribution is 0.319. The van der Waals surface area contributed by atoms with E-state index >= 15 is 0 Å². The van der Waals surface area contributed by atoms with Gasteiger partial charge in [-0.1, -0.05) is 75.4 Å². The minimum atomic E-state index is -0.0510. The van der Waals surface area contributed by atoms with Gasteiger partial charge in [0.05, 0.1) is 11.0 Å². The van der Waals surface area contributed by atoms with E-state index in [1.165, 1.54) is 11.1 Å². The number of ether oxygens (including phenoxy) is 1. The number of H-pyrrole nitrogens is 1. The molecular weight excluding hydrogens is 458 g/mol. The number of pyridine rings is 1. The smallest absolute Gasteiger partial charge is 0.243 e. The molecule has 0 fully saturated rings. The molecule has 0 saturated carbocycles. The molecule has 0 atom stereocenters. The number of aromatic nitrogens is 3. The molecule has 0 saturated heterocycles.